The monoisotopic (exact) mass is 378 g/mol. The van der Waals surface area contributed by atoms with E-state index in [1.165, 1.54) is 37.7 Å². The first kappa shape index (κ1) is 15.9. The van der Waals surface area contributed by atoms with Gasteiger partial charge in [0.2, 0.25) is 0 Å². The van der Waals surface area contributed by atoms with Crippen molar-refractivity contribution in [3.05, 3.63) is 83.9 Å². The Labute approximate surface area is 166 Å². The Hall–Kier alpha value is -2.98. The molecule has 0 aromatic heterocycles. The lowest BCUT2D eigenvalue weighted by Gasteiger charge is -2.25. The van der Waals surface area contributed by atoms with Gasteiger partial charge in [0, 0.05) is 0 Å². The maximum absolute atomic E-state index is 10.7. The van der Waals surface area contributed by atoms with Crippen molar-refractivity contribution >= 4 is 43.1 Å². The summed E-state index contributed by atoms with van der Waals surface area (Å²) in [5.74, 6) is 0. The normalized spacial score (nSPS) is 25.4. The SMILES string of the molecule is O[C@@H]1[C@@H]2O[C@@H]2c2c(ccc3c2c2ccccc2c2ccc4ccccc4c23)[C@H]1O. The average Bonchev–Trinajstić information content (AvgIpc) is 3.57. The van der Waals surface area contributed by atoms with Crippen molar-refractivity contribution in [3.63, 3.8) is 0 Å². The van der Waals surface area contributed by atoms with E-state index in [-0.39, 0.29) is 12.2 Å². The highest BCUT2D eigenvalue weighted by atomic mass is 16.6. The third-order valence-electron chi connectivity index (χ3n) is 6.75. The second-order valence-electron chi connectivity index (χ2n) is 8.20. The standard InChI is InChI=1S/C26H18O3/c27-23-19-12-11-18-20-14-6-2-1-5-13(14)9-10-17(20)15-7-3-4-8-16(15)21(18)22(19)25-26(29-25)24(23)28/h1-12,23-28H/t23-,24+,25-,26+/m1/s1. The van der Waals surface area contributed by atoms with Gasteiger partial charge in [-0.05, 0) is 54.2 Å². The molecule has 0 unspecified atom stereocenters. The number of hydrogen-bond donors (Lipinski definition) is 2. The van der Waals surface area contributed by atoms with Crippen LogP contribution < -0.4 is 0 Å². The first-order valence-corrected chi connectivity index (χ1v) is 10.0. The first-order valence-electron chi connectivity index (χ1n) is 10.0. The van der Waals surface area contributed by atoms with E-state index >= 15 is 0 Å². The van der Waals surface area contributed by atoms with Crippen LogP contribution >= 0.6 is 0 Å². The second kappa shape index (κ2) is 5.33. The molecule has 2 aliphatic rings. The summed E-state index contributed by atoms with van der Waals surface area (Å²) in [6, 6.07) is 25.4. The number of ether oxygens (including phenoxy) is 1. The molecule has 0 saturated carbocycles. The molecule has 0 amide bonds. The van der Waals surface area contributed by atoms with Gasteiger partial charge >= 0.3 is 0 Å². The van der Waals surface area contributed by atoms with Gasteiger partial charge in [0.15, 0.2) is 0 Å². The second-order valence-corrected chi connectivity index (χ2v) is 8.20. The number of epoxide rings is 1. The van der Waals surface area contributed by atoms with Crippen molar-refractivity contribution in [2.75, 3.05) is 0 Å². The number of aliphatic hydroxyl groups is 2. The Morgan fingerprint density at radius 1 is 0.621 bits per heavy atom. The minimum atomic E-state index is -0.917. The summed E-state index contributed by atoms with van der Waals surface area (Å²) in [4.78, 5) is 0. The molecule has 0 bridgehead atoms. The van der Waals surface area contributed by atoms with E-state index in [0.717, 1.165) is 16.5 Å². The van der Waals surface area contributed by atoms with Gasteiger partial charge in [-0.3, -0.25) is 0 Å². The summed E-state index contributed by atoms with van der Waals surface area (Å²) in [5.41, 5.74) is 1.82. The van der Waals surface area contributed by atoms with E-state index in [1.54, 1.807) is 0 Å². The molecular weight excluding hydrogens is 360 g/mol. The van der Waals surface area contributed by atoms with Crippen LogP contribution in [0.1, 0.15) is 23.3 Å². The van der Waals surface area contributed by atoms with Crippen LogP contribution in [-0.4, -0.2) is 22.4 Å². The van der Waals surface area contributed by atoms with Crippen LogP contribution in [0.4, 0.5) is 0 Å². The largest absolute Gasteiger partial charge is 0.387 e. The van der Waals surface area contributed by atoms with Crippen molar-refractivity contribution in [2.45, 2.75) is 24.4 Å². The molecule has 29 heavy (non-hydrogen) atoms. The third-order valence-corrected chi connectivity index (χ3v) is 6.75. The van der Waals surface area contributed by atoms with Crippen molar-refractivity contribution in [2.24, 2.45) is 0 Å². The number of aliphatic hydroxyl groups excluding tert-OH is 2. The molecule has 1 fully saturated rings. The molecule has 1 saturated heterocycles. The Morgan fingerprint density at radius 2 is 1.31 bits per heavy atom. The van der Waals surface area contributed by atoms with E-state index < -0.39 is 12.2 Å². The smallest absolute Gasteiger partial charge is 0.118 e. The minimum absolute atomic E-state index is 0.150. The molecule has 140 valence electrons. The van der Waals surface area contributed by atoms with Gasteiger partial charge < -0.3 is 14.9 Å². The van der Waals surface area contributed by atoms with Gasteiger partial charge in [-0.15, -0.1) is 0 Å². The highest BCUT2D eigenvalue weighted by molar-refractivity contribution is 6.32. The lowest BCUT2D eigenvalue weighted by molar-refractivity contribution is 0.000110. The van der Waals surface area contributed by atoms with Gasteiger partial charge in [0.1, 0.15) is 24.4 Å². The predicted molar refractivity (Wildman–Crippen MR) is 115 cm³/mol. The van der Waals surface area contributed by atoms with Crippen LogP contribution in [-0.2, 0) is 4.74 Å². The number of rotatable bonds is 0. The fourth-order valence-corrected chi connectivity index (χ4v) is 5.40. The highest BCUT2D eigenvalue weighted by Crippen LogP contribution is 2.55. The van der Waals surface area contributed by atoms with Gasteiger partial charge in [0.25, 0.3) is 0 Å². The van der Waals surface area contributed by atoms with Crippen LogP contribution in [0.3, 0.4) is 0 Å². The van der Waals surface area contributed by atoms with Crippen LogP contribution in [0, 0.1) is 0 Å². The molecule has 7 rings (SSSR count). The van der Waals surface area contributed by atoms with Crippen molar-refractivity contribution < 1.29 is 14.9 Å². The molecule has 2 N–H and O–H groups in total. The van der Waals surface area contributed by atoms with Crippen molar-refractivity contribution in [1.82, 2.24) is 0 Å². The molecule has 5 aromatic carbocycles. The number of benzene rings is 5. The van der Waals surface area contributed by atoms with Crippen LogP contribution in [0.25, 0.3) is 43.1 Å². The quantitative estimate of drug-likeness (QED) is 0.290. The molecule has 3 heteroatoms. The fraction of sp³-hybridized carbons (Fsp3) is 0.154. The lowest BCUT2D eigenvalue weighted by atomic mass is 9.81. The van der Waals surface area contributed by atoms with Crippen molar-refractivity contribution in [1.29, 1.82) is 0 Å². The third kappa shape index (κ3) is 1.92. The topological polar surface area (TPSA) is 53.0 Å². The fourth-order valence-electron chi connectivity index (χ4n) is 5.40. The van der Waals surface area contributed by atoms with Crippen LogP contribution in [0.2, 0.25) is 0 Å². The number of hydrogen-bond acceptors (Lipinski definition) is 3. The summed E-state index contributed by atoms with van der Waals surface area (Å²) in [5, 5.41) is 30.7. The summed E-state index contributed by atoms with van der Waals surface area (Å²) in [6.45, 7) is 0. The molecule has 4 atom stereocenters. The maximum Gasteiger partial charge on any atom is 0.118 e. The van der Waals surface area contributed by atoms with Crippen LogP contribution in [0.5, 0.6) is 0 Å². The zero-order chi connectivity index (χ0) is 19.3. The average molecular weight is 378 g/mol. The maximum atomic E-state index is 10.7. The Morgan fingerprint density at radius 3 is 2.17 bits per heavy atom. The predicted octanol–water partition coefficient (Wildman–Crippen LogP) is 5.15. The van der Waals surface area contributed by atoms with E-state index in [4.69, 9.17) is 4.74 Å². The molecule has 1 aliphatic carbocycles. The van der Waals surface area contributed by atoms with E-state index in [1.807, 2.05) is 6.07 Å². The van der Waals surface area contributed by atoms with Gasteiger partial charge in [-0.25, -0.2) is 0 Å². The van der Waals surface area contributed by atoms with E-state index in [0.29, 0.717) is 0 Å². The summed E-state index contributed by atoms with van der Waals surface area (Å²) in [6.07, 6.45) is -2.24. The van der Waals surface area contributed by atoms with Gasteiger partial charge in [0.05, 0.1) is 0 Å². The molecular formula is C26H18O3. The first-order chi connectivity index (χ1) is 14.2. The minimum Gasteiger partial charge on any atom is -0.387 e. The van der Waals surface area contributed by atoms with Crippen LogP contribution in [0.15, 0.2) is 72.8 Å². The summed E-state index contributed by atoms with van der Waals surface area (Å²) >= 11 is 0. The molecule has 0 spiro atoms. The summed E-state index contributed by atoms with van der Waals surface area (Å²) < 4.78 is 5.83. The Bertz CT molecular complexity index is 1490. The van der Waals surface area contributed by atoms with E-state index in [9.17, 15) is 10.2 Å². The molecule has 3 nitrogen and oxygen atoms in total. The molecule has 1 heterocycles. The lowest BCUT2D eigenvalue weighted by Crippen LogP contribution is -2.29. The summed E-state index contributed by atoms with van der Waals surface area (Å²) in [7, 11) is 0. The van der Waals surface area contributed by atoms with E-state index in [2.05, 4.69) is 66.7 Å². The zero-order valence-corrected chi connectivity index (χ0v) is 15.5. The molecule has 1 aliphatic heterocycles. The Kier molecular flexibility index (Phi) is 2.92. The highest BCUT2D eigenvalue weighted by Gasteiger charge is 2.54. The van der Waals surface area contributed by atoms with Crippen molar-refractivity contribution in [3.8, 4) is 0 Å². The van der Waals surface area contributed by atoms with Gasteiger partial charge in [-0.1, -0.05) is 72.8 Å². The zero-order valence-electron chi connectivity index (χ0n) is 15.5. The Balaban J connectivity index is 1.78. The van der Waals surface area contributed by atoms with Gasteiger partial charge in [-0.2, -0.15) is 0 Å². The number of fused-ring (bicyclic) bond motifs is 12. The molecule has 0 radical (unpaired) electrons. The molecule has 5 aromatic rings.